The van der Waals surface area contributed by atoms with Gasteiger partial charge in [-0.25, -0.2) is 0 Å². The molecule has 9 heteroatoms. The van der Waals surface area contributed by atoms with E-state index >= 15 is 0 Å². The largest absolute Gasteiger partial charge is 0.508 e. The molecule has 3 atom stereocenters. The number of amides is 4. The molecular weight excluding hydrogens is 640 g/mol. The predicted octanol–water partition coefficient (Wildman–Crippen LogP) is 5.64. The van der Waals surface area contributed by atoms with E-state index in [-0.39, 0.29) is 24.7 Å². The third-order valence-electron chi connectivity index (χ3n) is 11.9. The minimum Gasteiger partial charge on any atom is -0.508 e. The van der Waals surface area contributed by atoms with Crippen molar-refractivity contribution in [1.29, 1.82) is 0 Å². The number of anilines is 1. The second-order valence-corrected chi connectivity index (χ2v) is 14.7. The van der Waals surface area contributed by atoms with Crippen LogP contribution in [0.1, 0.15) is 98.0 Å². The third kappa shape index (κ3) is 5.51. The third-order valence-corrected chi connectivity index (χ3v) is 11.9. The van der Waals surface area contributed by atoms with Gasteiger partial charge in [0, 0.05) is 50.2 Å². The van der Waals surface area contributed by atoms with E-state index in [0.29, 0.717) is 28.8 Å². The molecule has 4 aromatic rings. The number of carbonyl (C=O) groups excluding carboxylic acids is 4. The van der Waals surface area contributed by atoms with Crippen LogP contribution in [0.15, 0.2) is 84.9 Å². The zero-order valence-electron chi connectivity index (χ0n) is 28.4. The Morgan fingerprint density at radius 2 is 1.35 bits per heavy atom. The standard InChI is InChI=1S/C42H40N4O5/c47-32-11-13-34-27(20-32)8-12-33(25-4-2-1-3-5-25)39(34)26-6-9-30(10-7-26)44-18-16-31(17-19-44)45-23-28-21-35-36(22-29(28)24-45)42(51)46(41(35)50)37-14-15-38(48)43-40(37)49/h1-7,9-11,13,20-22,31,33,37,39,47H,8,12,14-19,23-24H2,(H,43,48,49)/t33-,37?,39+/m1/s1. The van der Waals surface area contributed by atoms with Crippen LogP contribution in [-0.2, 0) is 29.1 Å². The van der Waals surface area contributed by atoms with Crippen LogP contribution in [0.3, 0.4) is 0 Å². The van der Waals surface area contributed by atoms with Crippen LogP contribution < -0.4 is 10.2 Å². The summed E-state index contributed by atoms with van der Waals surface area (Å²) in [6, 6.07) is 28.9. The Morgan fingerprint density at radius 3 is 2.02 bits per heavy atom. The number of aromatic hydroxyl groups is 1. The first-order valence-corrected chi connectivity index (χ1v) is 18.2. The van der Waals surface area contributed by atoms with Gasteiger partial charge in [-0.1, -0.05) is 48.5 Å². The van der Waals surface area contributed by atoms with E-state index in [1.54, 1.807) is 0 Å². The summed E-state index contributed by atoms with van der Waals surface area (Å²) >= 11 is 0. The van der Waals surface area contributed by atoms with E-state index in [0.717, 1.165) is 67.9 Å². The first-order chi connectivity index (χ1) is 24.8. The van der Waals surface area contributed by atoms with Crippen LogP contribution in [0.25, 0.3) is 0 Å². The quantitative estimate of drug-likeness (QED) is 0.263. The zero-order valence-corrected chi connectivity index (χ0v) is 28.4. The van der Waals surface area contributed by atoms with Crippen molar-refractivity contribution in [3.05, 3.63) is 129 Å². The SMILES string of the molecule is O=C1CCC(N2C(=O)c3cc4c(cc3C2=O)CN(C2CCN(c3ccc([C@@H]5c6ccc(O)cc6CC[C@@H]5c5ccccc5)cc3)CC2)C4)C(=O)N1. The number of piperidine rings is 2. The van der Waals surface area contributed by atoms with Gasteiger partial charge in [0.1, 0.15) is 11.8 Å². The smallest absolute Gasteiger partial charge is 0.262 e. The minimum atomic E-state index is -0.951. The Kier molecular flexibility index (Phi) is 7.76. The highest BCUT2D eigenvalue weighted by atomic mass is 16.3. The molecule has 2 saturated heterocycles. The first-order valence-electron chi connectivity index (χ1n) is 18.2. The fourth-order valence-electron chi connectivity index (χ4n) is 9.31. The van der Waals surface area contributed by atoms with Gasteiger partial charge in [0.05, 0.1) is 11.1 Å². The number of benzene rings is 4. The molecular formula is C42H40N4O5. The van der Waals surface area contributed by atoms with Gasteiger partial charge in [-0.05, 0) is 108 Å². The van der Waals surface area contributed by atoms with E-state index in [1.807, 2.05) is 24.3 Å². The van der Waals surface area contributed by atoms with Crippen molar-refractivity contribution in [1.82, 2.24) is 15.1 Å². The summed E-state index contributed by atoms with van der Waals surface area (Å²) in [6.45, 7) is 3.35. The number of rotatable bonds is 5. The van der Waals surface area contributed by atoms with Gasteiger partial charge in [-0.15, -0.1) is 0 Å². The fraction of sp³-hybridized carbons (Fsp3) is 0.333. The van der Waals surface area contributed by atoms with Gasteiger partial charge in [0.2, 0.25) is 11.8 Å². The van der Waals surface area contributed by atoms with E-state index < -0.39 is 23.8 Å². The van der Waals surface area contributed by atoms with Crippen LogP contribution in [0.5, 0.6) is 5.75 Å². The highest BCUT2D eigenvalue weighted by Crippen LogP contribution is 2.47. The zero-order chi connectivity index (χ0) is 34.8. The van der Waals surface area contributed by atoms with Crippen molar-refractivity contribution in [2.45, 2.75) is 75.5 Å². The average Bonchev–Trinajstić information content (AvgIpc) is 3.68. The number of nitrogens with one attached hydrogen (secondary N) is 1. The summed E-state index contributed by atoms with van der Waals surface area (Å²) in [5.41, 5.74) is 9.26. The summed E-state index contributed by atoms with van der Waals surface area (Å²) in [7, 11) is 0. The van der Waals surface area contributed by atoms with Crippen molar-refractivity contribution in [2.75, 3.05) is 18.0 Å². The number of fused-ring (bicyclic) bond motifs is 3. The molecule has 0 saturated carbocycles. The molecule has 51 heavy (non-hydrogen) atoms. The molecule has 4 aromatic carbocycles. The van der Waals surface area contributed by atoms with Crippen LogP contribution in [-0.4, -0.2) is 63.7 Å². The molecule has 0 radical (unpaired) electrons. The number of nitrogens with zero attached hydrogens (tertiary/aromatic N) is 3. The highest BCUT2D eigenvalue weighted by Gasteiger charge is 2.45. The first kappa shape index (κ1) is 31.7. The Morgan fingerprint density at radius 1 is 0.667 bits per heavy atom. The summed E-state index contributed by atoms with van der Waals surface area (Å²) in [5.74, 6) is -0.945. The molecule has 9 nitrogen and oxygen atoms in total. The van der Waals surface area contributed by atoms with E-state index in [9.17, 15) is 24.3 Å². The lowest BCUT2D eigenvalue weighted by atomic mass is 9.69. The van der Waals surface area contributed by atoms with Crippen molar-refractivity contribution in [3.8, 4) is 5.75 Å². The van der Waals surface area contributed by atoms with Gasteiger partial charge >= 0.3 is 0 Å². The molecule has 2 fully saturated rings. The number of aryl methyl sites for hydroxylation is 1. The minimum absolute atomic E-state index is 0.108. The number of imide groups is 2. The topological polar surface area (TPSA) is 110 Å². The maximum absolute atomic E-state index is 13.4. The lowest BCUT2D eigenvalue weighted by molar-refractivity contribution is -0.136. The monoisotopic (exact) mass is 680 g/mol. The molecule has 1 aliphatic carbocycles. The molecule has 258 valence electrons. The van der Waals surface area contributed by atoms with E-state index in [2.05, 4.69) is 75.8 Å². The maximum Gasteiger partial charge on any atom is 0.262 e. The van der Waals surface area contributed by atoms with Crippen LogP contribution in [0.4, 0.5) is 5.69 Å². The maximum atomic E-state index is 13.4. The van der Waals surface area contributed by atoms with Gasteiger partial charge < -0.3 is 10.0 Å². The molecule has 5 aliphatic rings. The summed E-state index contributed by atoms with van der Waals surface area (Å²) in [5, 5.41) is 12.5. The normalized spacial score (nSPS) is 23.6. The molecule has 9 rings (SSSR count). The second kappa shape index (κ2) is 12.5. The van der Waals surface area contributed by atoms with Crippen molar-refractivity contribution in [2.24, 2.45) is 0 Å². The van der Waals surface area contributed by atoms with Gasteiger partial charge in [-0.2, -0.15) is 0 Å². The summed E-state index contributed by atoms with van der Waals surface area (Å²) in [4.78, 5) is 56.8. The molecule has 0 spiro atoms. The highest BCUT2D eigenvalue weighted by molar-refractivity contribution is 6.23. The molecule has 4 amide bonds. The molecule has 2 N–H and O–H groups in total. The van der Waals surface area contributed by atoms with Crippen LogP contribution >= 0.6 is 0 Å². The average molecular weight is 681 g/mol. The number of hydrogen-bond donors (Lipinski definition) is 2. The lowest BCUT2D eigenvalue weighted by Crippen LogP contribution is -2.54. The second-order valence-electron chi connectivity index (χ2n) is 14.7. The Balaban J connectivity index is 0.865. The summed E-state index contributed by atoms with van der Waals surface area (Å²) in [6.07, 6.45) is 4.30. The number of hydrogen-bond acceptors (Lipinski definition) is 7. The predicted molar refractivity (Wildman–Crippen MR) is 191 cm³/mol. The lowest BCUT2D eigenvalue weighted by Gasteiger charge is -2.38. The van der Waals surface area contributed by atoms with Crippen molar-refractivity contribution in [3.63, 3.8) is 0 Å². The molecule has 0 aromatic heterocycles. The molecule has 4 aliphatic heterocycles. The van der Waals surface area contributed by atoms with E-state index in [4.69, 9.17) is 0 Å². The van der Waals surface area contributed by atoms with Gasteiger partial charge in [0.25, 0.3) is 11.8 Å². The Labute approximate surface area is 296 Å². The van der Waals surface area contributed by atoms with Crippen LogP contribution in [0.2, 0.25) is 0 Å². The fourth-order valence-corrected chi connectivity index (χ4v) is 9.31. The Bertz CT molecular complexity index is 2030. The number of phenols is 1. The van der Waals surface area contributed by atoms with Crippen molar-refractivity contribution >= 4 is 29.3 Å². The van der Waals surface area contributed by atoms with Gasteiger partial charge in [-0.3, -0.25) is 34.3 Å². The molecule has 4 heterocycles. The number of phenolic OH excluding ortho intramolecular Hbond substituents is 1. The Hall–Kier alpha value is -5.28. The van der Waals surface area contributed by atoms with Crippen molar-refractivity contribution < 1.29 is 24.3 Å². The molecule has 1 unspecified atom stereocenters. The summed E-state index contributed by atoms with van der Waals surface area (Å²) < 4.78 is 0. The van der Waals surface area contributed by atoms with Gasteiger partial charge in [0.15, 0.2) is 0 Å². The van der Waals surface area contributed by atoms with Crippen LogP contribution in [0, 0.1) is 0 Å². The number of carbonyl (C=O) groups is 4. The van der Waals surface area contributed by atoms with E-state index in [1.165, 1.54) is 27.9 Å². The molecule has 0 bridgehead atoms.